The molecule has 2 atom stereocenters. The molecule has 0 amide bonds. The lowest BCUT2D eigenvalue weighted by Gasteiger charge is -2.27. The monoisotopic (exact) mass is 264 g/mol. The average molecular weight is 265 g/mol. The Morgan fingerprint density at radius 3 is 2.78 bits per heavy atom. The maximum atomic E-state index is 12.5. The van der Waals surface area contributed by atoms with Gasteiger partial charge in [-0.3, -0.25) is 4.79 Å². The van der Waals surface area contributed by atoms with Crippen molar-refractivity contribution in [2.24, 2.45) is 11.8 Å². The zero-order chi connectivity index (χ0) is 13.1. The summed E-state index contributed by atoms with van der Waals surface area (Å²) in [4.78, 5) is 12.5. The Balaban J connectivity index is 2.15. The maximum absolute atomic E-state index is 12.5. The fourth-order valence-corrected chi connectivity index (χ4v) is 3.30. The van der Waals surface area contributed by atoms with Crippen molar-refractivity contribution in [1.82, 2.24) is 0 Å². The molecule has 1 aliphatic carbocycles. The van der Waals surface area contributed by atoms with Crippen molar-refractivity contribution >= 4 is 17.4 Å². The second-order valence-corrected chi connectivity index (χ2v) is 5.96. The first-order chi connectivity index (χ1) is 8.60. The first-order valence-corrected chi connectivity index (χ1v) is 7.29. The van der Waals surface area contributed by atoms with E-state index < -0.39 is 0 Å². The molecule has 1 aromatic carbocycles. The molecule has 1 aliphatic rings. The molecule has 2 unspecified atom stereocenters. The van der Waals surface area contributed by atoms with Crippen LogP contribution in [0.5, 0.6) is 0 Å². The highest BCUT2D eigenvalue weighted by Gasteiger charge is 2.27. The van der Waals surface area contributed by atoms with Crippen LogP contribution in [0.4, 0.5) is 0 Å². The van der Waals surface area contributed by atoms with Gasteiger partial charge in [0.05, 0.1) is 0 Å². The van der Waals surface area contributed by atoms with Crippen molar-refractivity contribution in [1.29, 1.82) is 0 Å². The number of hydrogen-bond donors (Lipinski definition) is 0. The van der Waals surface area contributed by atoms with Gasteiger partial charge in [-0.2, -0.15) is 0 Å². The molecule has 1 fully saturated rings. The van der Waals surface area contributed by atoms with Crippen LogP contribution in [0, 0.1) is 18.8 Å². The number of Topliss-reactive ketones (excluding diaryl/α,β-unsaturated/α-hetero) is 1. The minimum Gasteiger partial charge on any atom is -0.294 e. The lowest BCUT2D eigenvalue weighted by atomic mass is 9.77. The van der Waals surface area contributed by atoms with Gasteiger partial charge in [0.1, 0.15) is 0 Å². The van der Waals surface area contributed by atoms with Crippen LogP contribution >= 0.6 is 11.6 Å². The third-order valence-electron chi connectivity index (χ3n) is 4.06. The number of hydrogen-bond acceptors (Lipinski definition) is 1. The molecule has 0 bridgehead atoms. The van der Waals surface area contributed by atoms with E-state index in [4.69, 9.17) is 11.6 Å². The molecule has 0 aromatic heterocycles. The molecule has 0 spiro atoms. The Labute approximate surface area is 115 Å². The molecule has 2 rings (SSSR count). The van der Waals surface area contributed by atoms with Crippen molar-refractivity contribution < 1.29 is 4.79 Å². The summed E-state index contributed by atoms with van der Waals surface area (Å²) in [7, 11) is 0. The Morgan fingerprint density at radius 2 is 2.11 bits per heavy atom. The Morgan fingerprint density at radius 1 is 1.33 bits per heavy atom. The summed E-state index contributed by atoms with van der Waals surface area (Å²) in [5, 5.41) is 0.668. The molecule has 1 saturated carbocycles. The van der Waals surface area contributed by atoms with Crippen molar-refractivity contribution in [3.63, 3.8) is 0 Å². The molecule has 1 nitrogen and oxygen atoms in total. The van der Waals surface area contributed by atoms with Gasteiger partial charge < -0.3 is 0 Å². The van der Waals surface area contributed by atoms with Crippen molar-refractivity contribution in [2.75, 3.05) is 0 Å². The molecule has 2 heteroatoms. The van der Waals surface area contributed by atoms with Crippen molar-refractivity contribution in [2.45, 2.75) is 46.0 Å². The SMILES string of the molecule is CCC1CCCC(C(=O)c2cc(C)cc(Cl)c2)C1. The third kappa shape index (κ3) is 3.14. The molecular weight excluding hydrogens is 244 g/mol. The number of aryl methyl sites for hydroxylation is 1. The highest BCUT2D eigenvalue weighted by Crippen LogP contribution is 2.33. The van der Waals surface area contributed by atoms with E-state index in [0.29, 0.717) is 10.8 Å². The summed E-state index contributed by atoms with van der Waals surface area (Å²) in [5.74, 6) is 1.23. The first-order valence-electron chi connectivity index (χ1n) is 6.91. The molecule has 98 valence electrons. The molecule has 1 aromatic rings. The van der Waals surface area contributed by atoms with Crippen LogP contribution in [-0.2, 0) is 0 Å². The lowest BCUT2D eigenvalue weighted by molar-refractivity contribution is 0.0862. The maximum Gasteiger partial charge on any atom is 0.166 e. The Bertz CT molecular complexity index is 418. The number of halogens is 1. The summed E-state index contributed by atoms with van der Waals surface area (Å²) in [6, 6.07) is 5.67. The van der Waals surface area contributed by atoms with Gasteiger partial charge in [-0.05, 0) is 49.4 Å². The fraction of sp³-hybridized carbons (Fsp3) is 0.562. The summed E-state index contributed by atoms with van der Waals surface area (Å²) in [5.41, 5.74) is 1.86. The molecular formula is C16H21ClO. The first kappa shape index (κ1) is 13.6. The van der Waals surface area contributed by atoms with Crippen LogP contribution in [0.2, 0.25) is 5.02 Å². The number of ketones is 1. The summed E-state index contributed by atoms with van der Waals surface area (Å²) in [6.45, 7) is 4.21. The third-order valence-corrected chi connectivity index (χ3v) is 4.28. The van der Waals surface area contributed by atoms with Gasteiger partial charge in [-0.1, -0.05) is 37.8 Å². The summed E-state index contributed by atoms with van der Waals surface area (Å²) >= 11 is 6.04. The second kappa shape index (κ2) is 5.88. The van der Waals surface area contributed by atoms with Crippen molar-refractivity contribution in [3.05, 3.63) is 34.3 Å². The van der Waals surface area contributed by atoms with Gasteiger partial charge in [-0.15, -0.1) is 0 Å². The minimum absolute atomic E-state index is 0.210. The molecule has 0 heterocycles. The molecule has 0 radical (unpaired) electrons. The zero-order valence-corrected chi connectivity index (χ0v) is 12.0. The van der Waals surface area contributed by atoms with Crippen LogP contribution < -0.4 is 0 Å². The number of carbonyl (C=O) groups excluding carboxylic acids is 1. The topological polar surface area (TPSA) is 17.1 Å². The fourth-order valence-electron chi connectivity index (χ4n) is 3.01. The lowest BCUT2D eigenvalue weighted by Crippen LogP contribution is -2.22. The molecule has 0 saturated heterocycles. The Kier molecular flexibility index (Phi) is 4.45. The highest BCUT2D eigenvalue weighted by atomic mass is 35.5. The highest BCUT2D eigenvalue weighted by molar-refractivity contribution is 6.31. The smallest absolute Gasteiger partial charge is 0.166 e. The number of rotatable bonds is 3. The van der Waals surface area contributed by atoms with E-state index in [2.05, 4.69) is 6.92 Å². The average Bonchev–Trinajstić information content (AvgIpc) is 2.37. The molecule has 18 heavy (non-hydrogen) atoms. The van der Waals surface area contributed by atoms with Gasteiger partial charge in [0.15, 0.2) is 5.78 Å². The van der Waals surface area contributed by atoms with Gasteiger partial charge in [0.2, 0.25) is 0 Å². The summed E-state index contributed by atoms with van der Waals surface area (Å²) in [6.07, 6.45) is 5.77. The summed E-state index contributed by atoms with van der Waals surface area (Å²) < 4.78 is 0. The quantitative estimate of drug-likeness (QED) is 0.699. The van der Waals surface area contributed by atoms with E-state index in [1.807, 2.05) is 25.1 Å². The van der Waals surface area contributed by atoms with Crippen LogP contribution in [0.25, 0.3) is 0 Å². The van der Waals surface area contributed by atoms with Crippen LogP contribution in [-0.4, -0.2) is 5.78 Å². The van der Waals surface area contributed by atoms with E-state index in [1.165, 1.54) is 19.3 Å². The largest absolute Gasteiger partial charge is 0.294 e. The van der Waals surface area contributed by atoms with E-state index >= 15 is 0 Å². The normalized spacial score (nSPS) is 23.9. The van der Waals surface area contributed by atoms with E-state index in [9.17, 15) is 4.79 Å². The van der Waals surface area contributed by atoms with E-state index in [1.54, 1.807) is 0 Å². The van der Waals surface area contributed by atoms with Gasteiger partial charge >= 0.3 is 0 Å². The van der Waals surface area contributed by atoms with E-state index in [0.717, 1.165) is 29.9 Å². The predicted molar refractivity (Wildman–Crippen MR) is 76.3 cm³/mol. The van der Waals surface area contributed by atoms with Gasteiger partial charge in [0.25, 0.3) is 0 Å². The van der Waals surface area contributed by atoms with Crippen molar-refractivity contribution in [3.8, 4) is 0 Å². The van der Waals surface area contributed by atoms with Gasteiger partial charge in [0, 0.05) is 16.5 Å². The molecule has 0 aliphatic heterocycles. The number of benzene rings is 1. The Hall–Kier alpha value is -0.820. The van der Waals surface area contributed by atoms with Crippen LogP contribution in [0.3, 0.4) is 0 Å². The number of carbonyl (C=O) groups is 1. The standard InChI is InChI=1S/C16H21ClO/c1-3-12-5-4-6-13(9-12)16(18)14-7-11(2)8-15(17)10-14/h7-8,10,12-13H,3-6,9H2,1-2H3. The second-order valence-electron chi connectivity index (χ2n) is 5.52. The predicted octanol–water partition coefficient (Wildman–Crippen LogP) is 5.05. The van der Waals surface area contributed by atoms with Crippen LogP contribution in [0.1, 0.15) is 54.9 Å². The zero-order valence-electron chi connectivity index (χ0n) is 11.2. The minimum atomic E-state index is 0.210. The molecule has 0 N–H and O–H groups in total. The van der Waals surface area contributed by atoms with Gasteiger partial charge in [-0.25, -0.2) is 0 Å². The van der Waals surface area contributed by atoms with Crippen LogP contribution in [0.15, 0.2) is 18.2 Å². The van der Waals surface area contributed by atoms with E-state index in [-0.39, 0.29) is 5.92 Å².